The molecule has 0 saturated heterocycles. The SMILES string of the molecule is CCOC(=O)c1ccc(-n2cc(C)c(C#N)c2)cc1. The second-order valence-corrected chi connectivity index (χ2v) is 4.14. The van der Waals surface area contributed by atoms with Gasteiger partial charge in [0.15, 0.2) is 0 Å². The number of aromatic nitrogens is 1. The zero-order chi connectivity index (χ0) is 13.8. The number of ether oxygens (including phenoxy) is 1. The highest BCUT2D eigenvalue weighted by atomic mass is 16.5. The van der Waals surface area contributed by atoms with E-state index in [4.69, 9.17) is 10.00 Å². The van der Waals surface area contributed by atoms with E-state index >= 15 is 0 Å². The summed E-state index contributed by atoms with van der Waals surface area (Å²) in [6.45, 7) is 4.03. The van der Waals surface area contributed by atoms with Crippen LogP contribution in [0.15, 0.2) is 36.7 Å². The topological polar surface area (TPSA) is 55.0 Å². The van der Waals surface area contributed by atoms with Gasteiger partial charge >= 0.3 is 5.97 Å². The Morgan fingerprint density at radius 3 is 2.53 bits per heavy atom. The fourth-order valence-electron chi connectivity index (χ4n) is 1.81. The molecule has 0 bridgehead atoms. The maximum Gasteiger partial charge on any atom is 0.338 e. The second kappa shape index (κ2) is 5.40. The number of rotatable bonds is 3. The van der Waals surface area contributed by atoms with E-state index in [9.17, 15) is 4.79 Å². The van der Waals surface area contributed by atoms with Crippen molar-refractivity contribution in [3.8, 4) is 11.8 Å². The van der Waals surface area contributed by atoms with Crippen LogP contribution in [0.5, 0.6) is 0 Å². The predicted molar refractivity (Wildman–Crippen MR) is 71.2 cm³/mol. The third-order valence-corrected chi connectivity index (χ3v) is 2.82. The molecular weight excluding hydrogens is 240 g/mol. The molecule has 0 spiro atoms. The van der Waals surface area contributed by atoms with Crippen LogP contribution in [-0.4, -0.2) is 17.1 Å². The van der Waals surface area contributed by atoms with Gasteiger partial charge in [-0.25, -0.2) is 4.79 Å². The zero-order valence-corrected chi connectivity index (χ0v) is 10.9. The largest absolute Gasteiger partial charge is 0.462 e. The zero-order valence-electron chi connectivity index (χ0n) is 10.9. The molecule has 0 saturated carbocycles. The number of hydrogen-bond acceptors (Lipinski definition) is 3. The molecule has 0 unspecified atom stereocenters. The number of esters is 1. The third kappa shape index (κ3) is 2.66. The average Bonchev–Trinajstić information content (AvgIpc) is 2.80. The van der Waals surface area contributed by atoms with Gasteiger partial charge in [-0.1, -0.05) is 0 Å². The summed E-state index contributed by atoms with van der Waals surface area (Å²) in [4.78, 5) is 11.5. The first kappa shape index (κ1) is 12.9. The third-order valence-electron chi connectivity index (χ3n) is 2.82. The second-order valence-electron chi connectivity index (χ2n) is 4.14. The van der Waals surface area contributed by atoms with Crippen molar-refractivity contribution in [3.63, 3.8) is 0 Å². The molecule has 0 aliphatic rings. The molecule has 0 aliphatic heterocycles. The van der Waals surface area contributed by atoms with Gasteiger partial charge in [-0.05, 0) is 43.7 Å². The molecule has 0 radical (unpaired) electrons. The Morgan fingerprint density at radius 1 is 1.32 bits per heavy atom. The van der Waals surface area contributed by atoms with Gasteiger partial charge in [0, 0.05) is 18.1 Å². The molecule has 1 aromatic heterocycles. The van der Waals surface area contributed by atoms with Crippen LogP contribution in [0.3, 0.4) is 0 Å². The smallest absolute Gasteiger partial charge is 0.338 e. The van der Waals surface area contributed by atoms with E-state index < -0.39 is 0 Å². The Morgan fingerprint density at radius 2 is 2.00 bits per heavy atom. The fraction of sp³-hybridized carbons (Fsp3) is 0.200. The first-order valence-corrected chi connectivity index (χ1v) is 6.02. The van der Waals surface area contributed by atoms with E-state index in [0.717, 1.165) is 11.3 Å². The van der Waals surface area contributed by atoms with Crippen molar-refractivity contribution in [1.82, 2.24) is 4.57 Å². The number of aryl methyl sites for hydroxylation is 1. The monoisotopic (exact) mass is 254 g/mol. The molecule has 2 aromatic rings. The van der Waals surface area contributed by atoms with Crippen LogP contribution in [0.4, 0.5) is 0 Å². The summed E-state index contributed by atoms with van der Waals surface area (Å²) < 4.78 is 6.79. The minimum atomic E-state index is -0.324. The predicted octanol–water partition coefficient (Wildman–Crippen LogP) is 2.83. The van der Waals surface area contributed by atoms with Crippen LogP contribution in [-0.2, 0) is 4.74 Å². The highest BCUT2D eigenvalue weighted by Gasteiger charge is 2.07. The quantitative estimate of drug-likeness (QED) is 0.791. The van der Waals surface area contributed by atoms with Gasteiger partial charge < -0.3 is 9.30 Å². The highest BCUT2D eigenvalue weighted by Crippen LogP contribution is 2.15. The molecule has 2 rings (SSSR count). The van der Waals surface area contributed by atoms with Crippen molar-refractivity contribution in [2.45, 2.75) is 13.8 Å². The number of nitrogens with zero attached hydrogens (tertiary/aromatic N) is 2. The lowest BCUT2D eigenvalue weighted by Crippen LogP contribution is -2.04. The van der Waals surface area contributed by atoms with Crippen molar-refractivity contribution in [2.24, 2.45) is 0 Å². The Balaban J connectivity index is 2.27. The summed E-state index contributed by atoms with van der Waals surface area (Å²) >= 11 is 0. The number of hydrogen-bond donors (Lipinski definition) is 0. The van der Waals surface area contributed by atoms with Crippen molar-refractivity contribution in [2.75, 3.05) is 6.61 Å². The molecule has 0 aliphatic carbocycles. The molecule has 4 heteroatoms. The van der Waals surface area contributed by atoms with Gasteiger partial charge in [-0.2, -0.15) is 5.26 Å². The molecule has 19 heavy (non-hydrogen) atoms. The Labute approximate surface area is 111 Å². The van der Waals surface area contributed by atoms with Gasteiger partial charge in [0.2, 0.25) is 0 Å². The van der Waals surface area contributed by atoms with Crippen LogP contribution in [0.1, 0.15) is 28.4 Å². The van der Waals surface area contributed by atoms with Crippen LogP contribution < -0.4 is 0 Å². The molecule has 1 heterocycles. The number of nitriles is 1. The molecule has 4 nitrogen and oxygen atoms in total. The highest BCUT2D eigenvalue weighted by molar-refractivity contribution is 5.89. The Hall–Kier alpha value is -2.54. The van der Waals surface area contributed by atoms with Crippen molar-refractivity contribution in [3.05, 3.63) is 53.3 Å². The number of carbonyl (C=O) groups is 1. The Kier molecular flexibility index (Phi) is 3.67. The van der Waals surface area contributed by atoms with Crippen LogP contribution in [0.25, 0.3) is 5.69 Å². The van der Waals surface area contributed by atoms with Gasteiger partial charge in [0.1, 0.15) is 6.07 Å². The molecule has 0 amide bonds. The molecule has 1 aromatic carbocycles. The summed E-state index contributed by atoms with van der Waals surface area (Å²) in [5.41, 5.74) is 3.00. The van der Waals surface area contributed by atoms with Crippen LogP contribution >= 0.6 is 0 Å². The van der Waals surface area contributed by atoms with E-state index in [1.807, 2.05) is 29.8 Å². The van der Waals surface area contributed by atoms with Gasteiger partial charge in [-0.15, -0.1) is 0 Å². The minimum Gasteiger partial charge on any atom is -0.462 e. The molecule has 0 atom stereocenters. The summed E-state index contributed by atoms with van der Waals surface area (Å²) in [6.07, 6.45) is 3.66. The molecular formula is C15H14N2O2. The lowest BCUT2D eigenvalue weighted by Gasteiger charge is -2.05. The number of benzene rings is 1. The summed E-state index contributed by atoms with van der Waals surface area (Å²) in [5, 5.41) is 8.93. The normalized spacial score (nSPS) is 9.95. The van der Waals surface area contributed by atoms with E-state index in [2.05, 4.69) is 6.07 Å². The fourth-order valence-corrected chi connectivity index (χ4v) is 1.81. The Bertz CT molecular complexity index is 633. The van der Waals surface area contributed by atoms with Crippen molar-refractivity contribution < 1.29 is 9.53 Å². The summed E-state index contributed by atoms with van der Waals surface area (Å²) in [6, 6.07) is 9.22. The van der Waals surface area contributed by atoms with E-state index in [0.29, 0.717) is 17.7 Å². The molecule has 0 fully saturated rings. The van der Waals surface area contributed by atoms with Crippen LogP contribution in [0.2, 0.25) is 0 Å². The molecule has 0 N–H and O–H groups in total. The maximum atomic E-state index is 11.5. The van der Waals surface area contributed by atoms with Gasteiger partial charge in [-0.3, -0.25) is 0 Å². The summed E-state index contributed by atoms with van der Waals surface area (Å²) in [5.74, 6) is -0.324. The maximum absolute atomic E-state index is 11.5. The first-order valence-electron chi connectivity index (χ1n) is 6.02. The van der Waals surface area contributed by atoms with E-state index in [1.165, 1.54) is 0 Å². The van der Waals surface area contributed by atoms with E-state index in [1.54, 1.807) is 25.3 Å². The number of carbonyl (C=O) groups excluding carboxylic acids is 1. The van der Waals surface area contributed by atoms with Gasteiger partial charge in [0.05, 0.1) is 17.7 Å². The minimum absolute atomic E-state index is 0.324. The summed E-state index contributed by atoms with van der Waals surface area (Å²) in [7, 11) is 0. The van der Waals surface area contributed by atoms with Crippen molar-refractivity contribution in [1.29, 1.82) is 5.26 Å². The average molecular weight is 254 g/mol. The first-order chi connectivity index (χ1) is 9.15. The van der Waals surface area contributed by atoms with E-state index in [-0.39, 0.29) is 5.97 Å². The lowest BCUT2D eigenvalue weighted by atomic mass is 10.2. The molecule has 96 valence electrons. The lowest BCUT2D eigenvalue weighted by molar-refractivity contribution is 0.0526. The van der Waals surface area contributed by atoms with Gasteiger partial charge in [0.25, 0.3) is 0 Å². The van der Waals surface area contributed by atoms with Crippen molar-refractivity contribution >= 4 is 5.97 Å². The van der Waals surface area contributed by atoms with Crippen LogP contribution in [0, 0.1) is 18.3 Å². The standard InChI is InChI=1S/C15H14N2O2/c1-3-19-15(18)12-4-6-14(7-5-12)17-9-11(2)13(8-16)10-17/h4-7,9-10H,3H2,1-2H3.